The van der Waals surface area contributed by atoms with E-state index in [0.29, 0.717) is 16.1 Å². The van der Waals surface area contributed by atoms with E-state index in [2.05, 4.69) is 5.10 Å². The standard InChI is InChI=1S/C13H14F2N4O3S/c1-8-12(7-18(17-8)13(14)15)23(20,21)19-4-5-22-11-3-2-9(16)6-10(11)19/h2-3,6-7,13H,4-5,16H2,1H3. The first-order valence-electron chi connectivity index (χ1n) is 6.69. The average molecular weight is 344 g/mol. The molecule has 0 atom stereocenters. The van der Waals surface area contributed by atoms with Crippen molar-refractivity contribution in [1.82, 2.24) is 9.78 Å². The van der Waals surface area contributed by atoms with E-state index in [-0.39, 0.29) is 29.4 Å². The van der Waals surface area contributed by atoms with E-state index >= 15 is 0 Å². The van der Waals surface area contributed by atoms with Crippen LogP contribution >= 0.6 is 0 Å². The molecule has 0 bridgehead atoms. The van der Waals surface area contributed by atoms with Crippen molar-refractivity contribution in [3.63, 3.8) is 0 Å². The minimum absolute atomic E-state index is 0.00208. The van der Waals surface area contributed by atoms with Crippen LogP contribution in [0.3, 0.4) is 0 Å². The van der Waals surface area contributed by atoms with E-state index in [4.69, 9.17) is 10.5 Å². The average Bonchev–Trinajstić information content (AvgIpc) is 2.89. The van der Waals surface area contributed by atoms with Gasteiger partial charge in [-0.25, -0.2) is 13.1 Å². The summed E-state index contributed by atoms with van der Waals surface area (Å²) in [6, 6.07) is 4.63. The Kier molecular flexibility index (Phi) is 3.63. The third kappa shape index (κ3) is 2.58. The molecule has 2 N–H and O–H groups in total. The van der Waals surface area contributed by atoms with E-state index in [9.17, 15) is 17.2 Å². The van der Waals surface area contributed by atoms with Crippen molar-refractivity contribution in [3.05, 3.63) is 30.1 Å². The molecule has 10 heteroatoms. The molecule has 23 heavy (non-hydrogen) atoms. The molecule has 1 aromatic heterocycles. The number of nitrogens with zero attached hydrogens (tertiary/aromatic N) is 3. The number of halogens is 2. The second-order valence-electron chi connectivity index (χ2n) is 4.99. The Bertz CT molecular complexity index is 851. The van der Waals surface area contributed by atoms with Crippen molar-refractivity contribution in [1.29, 1.82) is 0 Å². The lowest BCUT2D eigenvalue weighted by Gasteiger charge is -2.30. The topological polar surface area (TPSA) is 90.5 Å². The Balaban J connectivity index is 2.10. The molecular weight excluding hydrogens is 330 g/mol. The number of aromatic nitrogens is 2. The molecule has 0 aliphatic carbocycles. The second-order valence-corrected chi connectivity index (χ2v) is 6.82. The zero-order valence-electron chi connectivity index (χ0n) is 12.1. The number of fused-ring (bicyclic) bond motifs is 1. The fourth-order valence-corrected chi connectivity index (χ4v) is 4.01. The summed E-state index contributed by atoms with van der Waals surface area (Å²) in [4.78, 5) is -0.270. The Labute approximate surface area is 131 Å². The van der Waals surface area contributed by atoms with Gasteiger partial charge in [0.25, 0.3) is 10.0 Å². The Morgan fingerprint density at radius 2 is 2.13 bits per heavy atom. The highest BCUT2D eigenvalue weighted by atomic mass is 32.2. The van der Waals surface area contributed by atoms with Gasteiger partial charge in [0.1, 0.15) is 17.3 Å². The number of nitrogen functional groups attached to an aromatic ring is 1. The van der Waals surface area contributed by atoms with Crippen LogP contribution in [-0.4, -0.2) is 31.3 Å². The summed E-state index contributed by atoms with van der Waals surface area (Å²) in [6.45, 7) is -1.34. The Morgan fingerprint density at radius 3 is 2.78 bits per heavy atom. The number of sulfonamides is 1. The summed E-state index contributed by atoms with van der Waals surface area (Å²) < 4.78 is 58.0. The van der Waals surface area contributed by atoms with Gasteiger partial charge in [0.2, 0.25) is 0 Å². The second kappa shape index (κ2) is 5.37. The van der Waals surface area contributed by atoms with E-state index < -0.39 is 16.6 Å². The van der Waals surface area contributed by atoms with Crippen molar-refractivity contribution in [2.45, 2.75) is 18.4 Å². The van der Waals surface area contributed by atoms with Gasteiger partial charge in [0.15, 0.2) is 0 Å². The van der Waals surface area contributed by atoms with Crippen molar-refractivity contribution in [2.75, 3.05) is 23.2 Å². The van der Waals surface area contributed by atoms with Gasteiger partial charge in [-0.05, 0) is 25.1 Å². The molecule has 1 aromatic carbocycles. The lowest BCUT2D eigenvalue weighted by atomic mass is 10.2. The zero-order chi connectivity index (χ0) is 16.8. The van der Waals surface area contributed by atoms with E-state index in [1.807, 2.05) is 0 Å². The van der Waals surface area contributed by atoms with Crippen LogP contribution < -0.4 is 14.8 Å². The molecule has 0 unspecified atom stereocenters. The fourth-order valence-electron chi connectivity index (χ4n) is 2.40. The molecule has 2 heterocycles. The minimum atomic E-state index is -4.05. The van der Waals surface area contributed by atoms with Crippen LogP contribution in [0, 0.1) is 6.92 Å². The van der Waals surface area contributed by atoms with Gasteiger partial charge in [-0.2, -0.15) is 13.9 Å². The lowest BCUT2D eigenvalue weighted by molar-refractivity contribution is 0.0561. The molecule has 0 spiro atoms. The van der Waals surface area contributed by atoms with Crippen LogP contribution in [-0.2, 0) is 10.0 Å². The predicted molar refractivity (Wildman–Crippen MR) is 79.1 cm³/mol. The van der Waals surface area contributed by atoms with E-state index in [0.717, 1.165) is 10.5 Å². The quantitative estimate of drug-likeness (QED) is 0.857. The number of alkyl halides is 2. The summed E-state index contributed by atoms with van der Waals surface area (Å²) in [5, 5.41) is 3.55. The van der Waals surface area contributed by atoms with Gasteiger partial charge in [0, 0.05) is 5.69 Å². The van der Waals surface area contributed by atoms with E-state index in [1.54, 1.807) is 12.1 Å². The van der Waals surface area contributed by atoms with Crippen LogP contribution in [0.25, 0.3) is 0 Å². The molecule has 0 amide bonds. The smallest absolute Gasteiger partial charge is 0.333 e. The van der Waals surface area contributed by atoms with Gasteiger partial charge in [0.05, 0.1) is 24.1 Å². The largest absolute Gasteiger partial charge is 0.489 e. The SMILES string of the molecule is Cc1nn(C(F)F)cc1S(=O)(=O)N1CCOc2ccc(N)cc21. The minimum Gasteiger partial charge on any atom is -0.489 e. The maximum atomic E-state index is 12.8. The number of hydrogen-bond acceptors (Lipinski definition) is 5. The predicted octanol–water partition coefficient (Wildman–Crippen LogP) is 1.76. The summed E-state index contributed by atoms with van der Waals surface area (Å²) in [5.41, 5.74) is 6.36. The Morgan fingerprint density at radius 1 is 1.39 bits per heavy atom. The number of rotatable bonds is 3. The molecule has 3 rings (SSSR count). The highest BCUT2D eigenvalue weighted by molar-refractivity contribution is 7.92. The molecule has 0 radical (unpaired) electrons. The molecule has 0 saturated carbocycles. The van der Waals surface area contributed by atoms with Crippen LogP contribution in [0.15, 0.2) is 29.3 Å². The fraction of sp³-hybridized carbons (Fsp3) is 0.308. The lowest BCUT2D eigenvalue weighted by Crippen LogP contribution is -2.38. The third-order valence-corrected chi connectivity index (χ3v) is 5.36. The first kappa shape index (κ1) is 15.5. The van der Waals surface area contributed by atoms with Gasteiger partial charge in [-0.15, -0.1) is 0 Å². The maximum Gasteiger partial charge on any atom is 0.333 e. The van der Waals surface area contributed by atoms with Gasteiger partial charge in [-0.3, -0.25) is 4.31 Å². The number of hydrogen-bond donors (Lipinski definition) is 1. The molecule has 124 valence electrons. The number of anilines is 2. The zero-order valence-corrected chi connectivity index (χ0v) is 12.9. The Hall–Kier alpha value is -2.36. The molecule has 7 nitrogen and oxygen atoms in total. The molecular formula is C13H14F2N4O3S. The highest BCUT2D eigenvalue weighted by Crippen LogP contribution is 2.37. The molecule has 0 saturated heterocycles. The number of benzene rings is 1. The maximum absolute atomic E-state index is 12.8. The molecule has 1 aliphatic heterocycles. The monoisotopic (exact) mass is 344 g/mol. The van der Waals surface area contributed by atoms with Crippen molar-refractivity contribution < 1.29 is 21.9 Å². The van der Waals surface area contributed by atoms with Gasteiger partial charge >= 0.3 is 6.55 Å². The molecule has 0 fully saturated rings. The van der Waals surface area contributed by atoms with Gasteiger partial charge in [-0.1, -0.05) is 0 Å². The van der Waals surface area contributed by atoms with Crippen LogP contribution in [0.4, 0.5) is 20.2 Å². The summed E-state index contributed by atoms with van der Waals surface area (Å²) >= 11 is 0. The number of aryl methyl sites for hydroxylation is 1. The van der Waals surface area contributed by atoms with E-state index in [1.165, 1.54) is 13.0 Å². The van der Waals surface area contributed by atoms with Gasteiger partial charge < -0.3 is 10.5 Å². The number of nitrogens with two attached hydrogens (primary N) is 1. The summed E-state index contributed by atoms with van der Waals surface area (Å²) in [7, 11) is -4.05. The normalized spacial score (nSPS) is 14.7. The summed E-state index contributed by atoms with van der Waals surface area (Å²) in [5.74, 6) is 0.368. The first-order valence-corrected chi connectivity index (χ1v) is 8.13. The first-order chi connectivity index (χ1) is 10.8. The molecule has 1 aliphatic rings. The van der Waals surface area contributed by atoms with Crippen molar-refractivity contribution in [2.24, 2.45) is 0 Å². The van der Waals surface area contributed by atoms with Crippen LogP contribution in [0.5, 0.6) is 5.75 Å². The summed E-state index contributed by atoms with van der Waals surface area (Å²) in [6.07, 6.45) is 0.830. The number of ether oxygens (including phenoxy) is 1. The third-order valence-electron chi connectivity index (χ3n) is 3.44. The van der Waals surface area contributed by atoms with Crippen molar-refractivity contribution >= 4 is 21.4 Å². The van der Waals surface area contributed by atoms with Crippen LogP contribution in [0.1, 0.15) is 12.2 Å². The van der Waals surface area contributed by atoms with Crippen LogP contribution in [0.2, 0.25) is 0 Å². The molecule has 2 aromatic rings. The van der Waals surface area contributed by atoms with Crippen molar-refractivity contribution in [3.8, 4) is 5.75 Å². The highest BCUT2D eigenvalue weighted by Gasteiger charge is 2.33.